The van der Waals surface area contributed by atoms with Gasteiger partial charge in [0, 0.05) is 12.8 Å². The molecule has 0 aliphatic carbocycles. The summed E-state index contributed by atoms with van der Waals surface area (Å²) in [6, 6.07) is 0. The molecule has 0 saturated carbocycles. The van der Waals surface area contributed by atoms with Crippen molar-refractivity contribution in [1.29, 1.82) is 0 Å². The van der Waals surface area contributed by atoms with E-state index in [2.05, 4.69) is 14.1 Å². The Balaban J connectivity index is 4.76. The van der Waals surface area contributed by atoms with Gasteiger partial charge in [-0.3, -0.25) is 4.79 Å². The smallest absolute Gasteiger partial charge is 0.382 e. The standard InChI is InChI=1S/C8H15NO6S/c1-4-5(2)7(14-6(3)10)8(11)15-16(9,12)13/h5,7H,4H2,1-3H3,(H2,9,12,13)/t5-,7-/m0/s1. The van der Waals surface area contributed by atoms with Gasteiger partial charge in [-0.1, -0.05) is 13.8 Å². The van der Waals surface area contributed by atoms with E-state index in [1.54, 1.807) is 13.8 Å². The SMILES string of the molecule is CC[C@H](C)[C@H](OC(C)=O)C(=O)OS(N)(=O)=O. The largest absolute Gasteiger partial charge is 0.450 e. The predicted octanol–water partition coefficient (Wildman–Crippen LogP) is -0.289. The van der Waals surface area contributed by atoms with Gasteiger partial charge < -0.3 is 8.92 Å². The molecule has 0 saturated heterocycles. The van der Waals surface area contributed by atoms with Crippen LogP contribution in [-0.4, -0.2) is 26.5 Å². The van der Waals surface area contributed by atoms with E-state index in [1.165, 1.54) is 0 Å². The fourth-order valence-corrected chi connectivity index (χ4v) is 1.28. The molecule has 0 spiro atoms. The quantitative estimate of drug-likeness (QED) is 0.674. The number of ether oxygens (including phenoxy) is 1. The molecule has 2 N–H and O–H groups in total. The molecular formula is C8H15NO6S. The summed E-state index contributed by atoms with van der Waals surface area (Å²) >= 11 is 0. The van der Waals surface area contributed by atoms with Crippen LogP contribution in [0.2, 0.25) is 0 Å². The van der Waals surface area contributed by atoms with Crippen LogP contribution in [0.15, 0.2) is 0 Å². The Morgan fingerprint density at radius 3 is 2.19 bits per heavy atom. The van der Waals surface area contributed by atoms with E-state index in [1.807, 2.05) is 0 Å². The van der Waals surface area contributed by atoms with Crippen LogP contribution in [0, 0.1) is 5.92 Å². The van der Waals surface area contributed by atoms with Crippen LogP contribution in [0.3, 0.4) is 0 Å². The third-order valence-corrected chi connectivity index (χ3v) is 2.28. The van der Waals surface area contributed by atoms with E-state index < -0.39 is 28.3 Å². The van der Waals surface area contributed by atoms with Crippen LogP contribution in [0.1, 0.15) is 27.2 Å². The van der Waals surface area contributed by atoms with Gasteiger partial charge in [0.1, 0.15) is 0 Å². The van der Waals surface area contributed by atoms with Crippen LogP contribution < -0.4 is 5.14 Å². The molecule has 0 aromatic heterocycles. The minimum atomic E-state index is -4.39. The first kappa shape index (κ1) is 14.8. The van der Waals surface area contributed by atoms with Crippen molar-refractivity contribution in [2.24, 2.45) is 11.1 Å². The molecule has 16 heavy (non-hydrogen) atoms. The number of carbonyl (C=O) groups excluding carboxylic acids is 2. The number of nitrogens with two attached hydrogens (primary N) is 1. The molecule has 0 bridgehead atoms. The van der Waals surface area contributed by atoms with Crippen molar-refractivity contribution in [2.45, 2.75) is 33.3 Å². The maximum atomic E-state index is 11.3. The maximum Gasteiger partial charge on any atom is 0.382 e. The van der Waals surface area contributed by atoms with Gasteiger partial charge in [-0.25, -0.2) is 4.79 Å². The minimum absolute atomic E-state index is 0.363. The maximum absolute atomic E-state index is 11.3. The van der Waals surface area contributed by atoms with Crippen LogP contribution in [0.4, 0.5) is 0 Å². The van der Waals surface area contributed by atoms with E-state index in [0.29, 0.717) is 6.42 Å². The molecule has 0 amide bonds. The average molecular weight is 253 g/mol. The number of hydrogen-bond acceptors (Lipinski definition) is 6. The summed E-state index contributed by atoms with van der Waals surface area (Å²) in [6.07, 6.45) is -0.752. The monoisotopic (exact) mass is 253 g/mol. The molecule has 0 aromatic carbocycles. The molecule has 0 rings (SSSR count). The molecule has 0 aromatic rings. The Kier molecular flexibility index (Phi) is 5.39. The summed E-state index contributed by atoms with van der Waals surface area (Å²) in [5, 5.41) is 4.54. The summed E-state index contributed by atoms with van der Waals surface area (Å²) in [6.45, 7) is 4.49. The molecule has 0 fully saturated rings. The molecular weight excluding hydrogens is 238 g/mol. The van der Waals surface area contributed by atoms with Crippen LogP contribution in [0.5, 0.6) is 0 Å². The normalized spacial score (nSPS) is 15.0. The van der Waals surface area contributed by atoms with Gasteiger partial charge in [-0.15, -0.1) is 0 Å². The van der Waals surface area contributed by atoms with Gasteiger partial charge in [-0.05, 0) is 6.42 Å². The topological polar surface area (TPSA) is 113 Å². The zero-order valence-corrected chi connectivity index (χ0v) is 10.1. The predicted molar refractivity (Wildman–Crippen MR) is 54.2 cm³/mol. The van der Waals surface area contributed by atoms with Gasteiger partial charge in [0.2, 0.25) is 6.10 Å². The van der Waals surface area contributed by atoms with E-state index in [-0.39, 0.29) is 5.92 Å². The molecule has 0 aliphatic rings. The van der Waals surface area contributed by atoms with Crippen LogP contribution >= 0.6 is 0 Å². The number of esters is 1. The Morgan fingerprint density at radius 2 is 1.88 bits per heavy atom. The van der Waals surface area contributed by atoms with Crippen molar-refractivity contribution in [1.82, 2.24) is 0 Å². The highest BCUT2D eigenvalue weighted by Crippen LogP contribution is 2.14. The average Bonchev–Trinajstić information content (AvgIpc) is 2.09. The van der Waals surface area contributed by atoms with E-state index >= 15 is 0 Å². The first-order chi connectivity index (χ1) is 7.17. The van der Waals surface area contributed by atoms with Gasteiger partial charge in [0.25, 0.3) is 0 Å². The highest BCUT2D eigenvalue weighted by atomic mass is 32.2. The highest BCUT2D eigenvalue weighted by Gasteiger charge is 2.31. The fourth-order valence-electron chi connectivity index (χ4n) is 0.951. The molecule has 8 heteroatoms. The molecule has 0 heterocycles. The lowest BCUT2D eigenvalue weighted by atomic mass is 10.0. The summed E-state index contributed by atoms with van der Waals surface area (Å²) in [4.78, 5) is 22.1. The van der Waals surface area contributed by atoms with Gasteiger partial charge in [0.05, 0.1) is 0 Å². The van der Waals surface area contributed by atoms with Crippen molar-refractivity contribution >= 4 is 22.2 Å². The molecule has 7 nitrogen and oxygen atoms in total. The van der Waals surface area contributed by atoms with Crippen molar-refractivity contribution in [2.75, 3.05) is 0 Å². The zero-order chi connectivity index (χ0) is 12.9. The Labute approximate surface area is 94.2 Å². The second-order valence-corrected chi connectivity index (χ2v) is 4.46. The minimum Gasteiger partial charge on any atom is -0.450 e. The van der Waals surface area contributed by atoms with E-state index in [4.69, 9.17) is 0 Å². The molecule has 0 aliphatic heterocycles. The lowest BCUT2D eigenvalue weighted by Crippen LogP contribution is -2.36. The first-order valence-corrected chi connectivity index (χ1v) is 6.07. The number of carbonyl (C=O) groups is 2. The highest BCUT2D eigenvalue weighted by molar-refractivity contribution is 7.84. The van der Waals surface area contributed by atoms with Gasteiger partial charge in [-0.2, -0.15) is 13.6 Å². The fraction of sp³-hybridized carbons (Fsp3) is 0.750. The zero-order valence-electron chi connectivity index (χ0n) is 9.30. The summed E-state index contributed by atoms with van der Waals surface area (Å²) in [7, 11) is -4.39. The third-order valence-electron chi connectivity index (χ3n) is 1.88. The molecule has 0 radical (unpaired) electrons. The summed E-state index contributed by atoms with van der Waals surface area (Å²) in [5.41, 5.74) is 0. The second kappa shape index (κ2) is 5.80. The summed E-state index contributed by atoms with van der Waals surface area (Å²) in [5.74, 6) is -2.25. The Hall–Kier alpha value is -1.15. The Bertz CT molecular complexity index is 363. The molecule has 0 unspecified atom stereocenters. The lowest BCUT2D eigenvalue weighted by Gasteiger charge is -2.19. The van der Waals surface area contributed by atoms with E-state index in [0.717, 1.165) is 6.92 Å². The molecule has 94 valence electrons. The van der Waals surface area contributed by atoms with Crippen molar-refractivity contribution in [3.8, 4) is 0 Å². The Morgan fingerprint density at radius 1 is 1.38 bits per heavy atom. The van der Waals surface area contributed by atoms with Crippen LogP contribution in [0.25, 0.3) is 0 Å². The van der Waals surface area contributed by atoms with Crippen molar-refractivity contribution in [3.63, 3.8) is 0 Å². The van der Waals surface area contributed by atoms with Crippen LogP contribution in [-0.2, 0) is 28.8 Å². The third kappa shape index (κ3) is 5.66. The number of hydrogen-bond donors (Lipinski definition) is 1. The van der Waals surface area contributed by atoms with Crippen molar-refractivity contribution in [3.05, 3.63) is 0 Å². The first-order valence-electron chi connectivity index (χ1n) is 4.60. The lowest BCUT2D eigenvalue weighted by molar-refractivity contribution is -0.164. The summed E-state index contributed by atoms with van der Waals surface area (Å²) < 4.78 is 29.7. The molecule has 2 atom stereocenters. The second-order valence-electron chi connectivity index (χ2n) is 3.31. The van der Waals surface area contributed by atoms with Crippen molar-refractivity contribution < 1.29 is 26.9 Å². The van der Waals surface area contributed by atoms with Gasteiger partial charge >= 0.3 is 22.2 Å². The van der Waals surface area contributed by atoms with E-state index in [9.17, 15) is 18.0 Å². The number of rotatable bonds is 5. The van der Waals surface area contributed by atoms with Gasteiger partial charge in [0.15, 0.2) is 0 Å².